The van der Waals surface area contributed by atoms with Gasteiger partial charge in [-0.05, 0) is 18.6 Å². The van der Waals surface area contributed by atoms with Gasteiger partial charge in [-0.1, -0.05) is 12.8 Å². The van der Waals surface area contributed by atoms with Crippen LogP contribution in [0.5, 0.6) is 0 Å². The Hall–Kier alpha value is 0.630. The fraction of sp³-hybridized carbons (Fsp3) is 1.00. The Balaban J connectivity index is 2.60. The third kappa shape index (κ3) is 8.63. The van der Waals surface area contributed by atoms with Gasteiger partial charge in [0.15, 0.2) is 0 Å². The zero-order chi connectivity index (χ0) is 6.95. The van der Waals surface area contributed by atoms with Gasteiger partial charge in [-0.25, -0.2) is 0 Å². The van der Waals surface area contributed by atoms with Crippen molar-refractivity contribution in [3.8, 4) is 0 Å². The van der Waals surface area contributed by atoms with Crippen molar-refractivity contribution in [2.75, 3.05) is 11.5 Å². The lowest BCUT2D eigenvalue weighted by molar-refractivity contribution is 0.708. The zero-order valence-corrected chi connectivity index (χ0v) is 7.19. The number of hydrogen-bond donors (Lipinski definition) is 1. The Labute approximate surface area is 66.3 Å². The van der Waals surface area contributed by atoms with E-state index in [2.05, 4.69) is 12.6 Å². The lowest BCUT2D eigenvalue weighted by Gasteiger charge is -1.94. The topological polar surface area (TPSA) is 0 Å². The van der Waals surface area contributed by atoms with E-state index >= 15 is 0 Å². The van der Waals surface area contributed by atoms with Crippen molar-refractivity contribution >= 4 is 24.8 Å². The molecule has 0 aromatic carbocycles. The van der Waals surface area contributed by atoms with E-state index in [1.807, 2.05) is 0 Å². The van der Waals surface area contributed by atoms with Crippen LogP contribution < -0.4 is 0 Å². The van der Waals surface area contributed by atoms with Crippen LogP contribution in [-0.2, 0) is 0 Å². The smallest absolute Gasteiger partial charge is 0.0443 e. The van der Waals surface area contributed by atoms with Crippen LogP contribution >= 0.6 is 24.8 Å². The van der Waals surface area contributed by atoms with E-state index in [4.69, 9.17) is 0 Å². The van der Waals surface area contributed by atoms with Gasteiger partial charge in [-0.2, -0.15) is 16.5 Å². The van der Waals surface area contributed by atoms with E-state index in [1.165, 1.54) is 12.8 Å². The molecule has 0 unspecified atom stereocenters. The van der Waals surface area contributed by atoms with Crippen LogP contribution in [0.4, 0.5) is 3.89 Å². The molecule has 0 bridgehead atoms. The lowest BCUT2D eigenvalue weighted by Crippen LogP contribution is -1.80. The summed E-state index contributed by atoms with van der Waals surface area (Å²) < 4.78 is 11.4. The molecule has 0 atom stereocenters. The molecule has 0 aromatic rings. The second kappa shape index (κ2) is 8.63. The summed E-state index contributed by atoms with van der Waals surface area (Å²) in [6.45, 7) is 0. The van der Waals surface area contributed by atoms with Gasteiger partial charge in [0.25, 0.3) is 0 Å². The Kier molecular flexibility index (Phi) is 9.23. The van der Waals surface area contributed by atoms with Crippen molar-refractivity contribution < 1.29 is 3.89 Å². The fourth-order valence-electron chi connectivity index (χ4n) is 0.622. The molecule has 0 aliphatic carbocycles. The maximum atomic E-state index is 11.4. The van der Waals surface area contributed by atoms with Crippen LogP contribution in [0.1, 0.15) is 25.7 Å². The number of halogens is 1. The van der Waals surface area contributed by atoms with Crippen molar-refractivity contribution in [3.05, 3.63) is 0 Å². The zero-order valence-electron chi connectivity index (χ0n) is 5.48. The SMILES string of the molecule is FSCCCCCCS. The van der Waals surface area contributed by atoms with Crippen molar-refractivity contribution in [2.45, 2.75) is 25.7 Å². The molecule has 0 saturated heterocycles. The first-order valence-corrected chi connectivity index (χ1v) is 4.78. The van der Waals surface area contributed by atoms with Gasteiger partial charge >= 0.3 is 0 Å². The molecule has 0 radical (unpaired) electrons. The summed E-state index contributed by atoms with van der Waals surface area (Å²) in [6.07, 6.45) is 4.52. The van der Waals surface area contributed by atoms with Crippen LogP contribution in [0.25, 0.3) is 0 Å². The third-order valence-electron chi connectivity index (χ3n) is 1.13. The number of rotatable bonds is 6. The molecule has 0 amide bonds. The molecule has 0 aliphatic rings. The van der Waals surface area contributed by atoms with E-state index in [9.17, 15) is 3.89 Å². The molecule has 0 saturated carbocycles. The van der Waals surface area contributed by atoms with E-state index in [1.54, 1.807) is 0 Å². The van der Waals surface area contributed by atoms with E-state index < -0.39 is 0 Å². The molecule has 0 aliphatic heterocycles. The minimum atomic E-state index is 0.441. The predicted molar refractivity (Wildman–Crippen MR) is 45.9 cm³/mol. The van der Waals surface area contributed by atoms with Crippen molar-refractivity contribution in [1.29, 1.82) is 0 Å². The molecule has 0 spiro atoms. The van der Waals surface area contributed by atoms with Crippen LogP contribution in [0.15, 0.2) is 0 Å². The van der Waals surface area contributed by atoms with Crippen molar-refractivity contribution in [1.82, 2.24) is 0 Å². The maximum absolute atomic E-state index is 11.4. The molecular formula is C6H13FS2. The molecule has 56 valence electrons. The molecule has 0 fully saturated rings. The first-order chi connectivity index (χ1) is 4.41. The fourth-order valence-corrected chi connectivity index (χ4v) is 1.16. The van der Waals surface area contributed by atoms with Crippen LogP contribution in [0.2, 0.25) is 0 Å². The molecule has 0 nitrogen and oxygen atoms in total. The Morgan fingerprint density at radius 3 is 2.33 bits per heavy atom. The van der Waals surface area contributed by atoms with Crippen molar-refractivity contribution in [3.63, 3.8) is 0 Å². The molecule has 3 heteroatoms. The van der Waals surface area contributed by atoms with Gasteiger partial charge in [0, 0.05) is 17.9 Å². The van der Waals surface area contributed by atoms with Gasteiger partial charge in [-0.3, -0.25) is 0 Å². The Morgan fingerprint density at radius 2 is 1.78 bits per heavy atom. The highest BCUT2D eigenvalue weighted by Crippen LogP contribution is 2.07. The minimum absolute atomic E-state index is 0.441. The van der Waals surface area contributed by atoms with Crippen LogP contribution in [0.3, 0.4) is 0 Å². The molecule has 0 N–H and O–H groups in total. The van der Waals surface area contributed by atoms with E-state index in [-0.39, 0.29) is 0 Å². The van der Waals surface area contributed by atoms with E-state index in [0.29, 0.717) is 17.9 Å². The minimum Gasteiger partial charge on any atom is -0.179 e. The third-order valence-corrected chi connectivity index (χ3v) is 1.89. The summed E-state index contributed by atoms with van der Waals surface area (Å²) in [5.74, 6) is 1.62. The molecule has 0 heterocycles. The molecule has 0 rings (SSSR count). The van der Waals surface area contributed by atoms with Crippen LogP contribution in [-0.4, -0.2) is 11.5 Å². The molecular weight excluding hydrogens is 155 g/mol. The predicted octanol–water partition coefficient (Wildman–Crippen LogP) is 3.09. The highest BCUT2D eigenvalue weighted by Gasteiger charge is 1.87. The standard InChI is InChI=1S/C6H13FS2/c7-9-6-4-2-1-3-5-8/h8H,1-6H2. The average Bonchev–Trinajstić information content (AvgIpc) is 1.89. The first kappa shape index (κ1) is 9.63. The van der Waals surface area contributed by atoms with Crippen LogP contribution in [0, 0.1) is 0 Å². The quantitative estimate of drug-likeness (QED) is 0.470. The number of unbranched alkanes of at least 4 members (excludes halogenated alkanes) is 3. The normalized spacial score (nSPS) is 10.0. The first-order valence-electron chi connectivity index (χ1n) is 3.26. The monoisotopic (exact) mass is 168 g/mol. The highest BCUT2D eigenvalue weighted by molar-refractivity contribution is 7.94. The Bertz CT molecular complexity index is 44.3. The molecule has 0 aromatic heterocycles. The summed E-state index contributed by atoms with van der Waals surface area (Å²) in [5.41, 5.74) is 0. The summed E-state index contributed by atoms with van der Waals surface area (Å²) in [7, 11) is 0. The van der Waals surface area contributed by atoms with Gasteiger partial charge < -0.3 is 0 Å². The van der Waals surface area contributed by atoms with Gasteiger partial charge in [0.05, 0.1) is 0 Å². The van der Waals surface area contributed by atoms with Gasteiger partial charge in [-0.15, -0.1) is 0 Å². The van der Waals surface area contributed by atoms with Gasteiger partial charge in [0.2, 0.25) is 0 Å². The van der Waals surface area contributed by atoms with Crippen molar-refractivity contribution in [2.24, 2.45) is 0 Å². The highest BCUT2D eigenvalue weighted by atomic mass is 32.2. The summed E-state index contributed by atoms with van der Waals surface area (Å²) in [6, 6.07) is 0. The second-order valence-corrected chi connectivity index (χ2v) is 3.02. The number of hydrogen-bond acceptors (Lipinski definition) is 2. The largest absolute Gasteiger partial charge is 0.179 e. The summed E-state index contributed by atoms with van der Waals surface area (Å²) in [4.78, 5) is 0. The Morgan fingerprint density at radius 1 is 1.11 bits per heavy atom. The second-order valence-electron chi connectivity index (χ2n) is 1.95. The van der Waals surface area contributed by atoms with E-state index in [0.717, 1.165) is 18.6 Å². The lowest BCUT2D eigenvalue weighted by atomic mass is 10.2. The van der Waals surface area contributed by atoms with Gasteiger partial charge in [0.1, 0.15) is 0 Å². The average molecular weight is 168 g/mol. The maximum Gasteiger partial charge on any atom is 0.0443 e. The molecule has 9 heavy (non-hydrogen) atoms. The summed E-state index contributed by atoms with van der Waals surface area (Å²) >= 11 is 4.51. The number of thiol groups is 1. The summed E-state index contributed by atoms with van der Waals surface area (Å²) in [5, 5.41) is 0.